The van der Waals surface area contributed by atoms with Crippen molar-refractivity contribution in [1.29, 1.82) is 0 Å². The summed E-state index contributed by atoms with van der Waals surface area (Å²) in [7, 11) is 3.04. The third-order valence-electron chi connectivity index (χ3n) is 8.98. The number of aromatic hydroxyl groups is 1. The van der Waals surface area contributed by atoms with E-state index in [-0.39, 0.29) is 40.3 Å². The number of aliphatic hydroxyl groups excluding tert-OH is 2. The lowest BCUT2D eigenvalue weighted by Crippen LogP contribution is -2.65. The number of hydrogen-bond donors (Lipinski definition) is 6. The Morgan fingerprint density at radius 1 is 1.17 bits per heavy atom. The standard InChI is InChI=1S/C31H36FN3O7/c1-4-5-6-9-34-13-14-7-8-16-17(10-14)25(36)21-18(23(16)32)11-15-12-19-24(35(2)3)27(38)22(30(33)41)29(40)31(19,42)28(39)20(15)26(21)37/h7-8,10,15,19,24,34,36-37,40,42H,4-6,9,11-13H2,1-3H3,(H2,33,41)/t15-,19-,24-,31-/m0/s1. The number of nitrogens with zero attached hydrogens (tertiary/aromatic N) is 1. The number of nitrogens with one attached hydrogen (secondary N) is 1. The van der Waals surface area contributed by atoms with Gasteiger partial charge < -0.3 is 31.5 Å². The fraction of sp³-hybridized carbons (Fsp3) is 0.452. The van der Waals surface area contributed by atoms with E-state index in [1.807, 2.05) is 0 Å². The van der Waals surface area contributed by atoms with Crippen molar-refractivity contribution in [2.24, 2.45) is 17.6 Å². The molecule has 42 heavy (non-hydrogen) atoms. The van der Waals surface area contributed by atoms with Gasteiger partial charge in [-0.05, 0) is 57.5 Å². The van der Waals surface area contributed by atoms with Crippen molar-refractivity contribution in [2.45, 2.75) is 57.2 Å². The van der Waals surface area contributed by atoms with E-state index < -0.39 is 69.6 Å². The Hall–Kier alpha value is -3.80. The maximum Gasteiger partial charge on any atom is 0.255 e. The largest absolute Gasteiger partial charge is 0.508 e. The van der Waals surface area contributed by atoms with Crippen molar-refractivity contribution in [3.05, 3.63) is 57.6 Å². The summed E-state index contributed by atoms with van der Waals surface area (Å²) < 4.78 is 16.0. The second-order valence-corrected chi connectivity index (χ2v) is 11.7. The van der Waals surface area contributed by atoms with Crippen LogP contribution in [0.4, 0.5) is 4.39 Å². The van der Waals surface area contributed by atoms with Crippen LogP contribution in [0.2, 0.25) is 0 Å². The molecule has 7 N–H and O–H groups in total. The number of Topliss-reactive ketones (excluding diaryl/α,β-unsaturated/α-hetero) is 2. The minimum atomic E-state index is -2.74. The lowest BCUT2D eigenvalue weighted by atomic mass is 9.57. The molecule has 3 aliphatic rings. The molecule has 0 unspecified atom stereocenters. The Labute approximate surface area is 242 Å². The number of unbranched alkanes of at least 4 members (excludes halogenated alkanes) is 2. The van der Waals surface area contributed by atoms with E-state index in [2.05, 4.69) is 12.2 Å². The zero-order valence-electron chi connectivity index (χ0n) is 23.8. The van der Waals surface area contributed by atoms with Crippen LogP contribution in [0.15, 0.2) is 35.1 Å². The van der Waals surface area contributed by atoms with Gasteiger partial charge in [-0.15, -0.1) is 0 Å². The van der Waals surface area contributed by atoms with E-state index >= 15 is 4.39 Å². The van der Waals surface area contributed by atoms with Gasteiger partial charge in [0.2, 0.25) is 5.78 Å². The Morgan fingerprint density at radius 2 is 1.88 bits per heavy atom. The molecule has 10 nitrogen and oxygen atoms in total. The molecule has 1 amide bonds. The molecule has 5 rings (SSSR count). The summed E-state index contributed by atoms with van der Waals surface area (Å²) >= 11 is 0. The first kappa shape index (κ1) is 29.7. The molecule has 224 valence electrons. The predicted molar refractivity (Wildman–Crippen MR) is 153 cm³/mol. The fourth-order valence-electron chi connectivity index (χ4n) is 6.95. The van der Waals surface area contributed by atoms with E-state index in [4.69, 9.17) is 5.73 Å². The first-order valence-electron chi connectivity index (χ1n) is 14.2. The van der Waals surface area contributed by atoms with Gasteiger partial charge in [-0.3, -0.25) is 19.3 Å². The summed E-state index contributed by atoms with van der Waals surface area (Å²) in [6.45, 7) is 3.40. The highest BCUT2D eigenvalue weighted by Crippen LogP contribution is 2.53. The van der Waals surface area contributed by atoms with Crippen LogP contribution >= 0.6 is 0 Å². The first-order chi connectivity index (χ1) is 19.9. The van der Waals surface area contributed by atoms with Crippen LogP contribution in [0.25, 0.3) is 16.5 Å². The maximum atomic E-state index is 16.0. The summed E-state index contributed by atoms with van der Waals surface area (Å²) in [5.41, 5.74) is 1.95. The molecular formula is C31H36FN3O7. The van der Waals surface area contributed by atoms with Gasteiger partial charge in [0.25, 0.3) is 5.91 Å². The Kier molecular flexibility index (Phi) is 7.63. The van der Waals surface area contributed by atoms with E-state index in [9.17, 15) is 34.8 Å². The average Bonchev–Trinajstić information content (AvgIpc) is 2.93. The van der Waals surface area contributed by atoms with Gasteiger partial charge in [-0.1, -0.05) is 31.9 Å². The van der Waals surface area contributed by atoms with Gasteiger partial charge >= 0.3 is 0 Å². The number of aliphatic hydroxyl groups is 3. The summed E-state index contributed by atoms with van der Waals surface area (Å²) in [5.74, 6) is -8.29. The second kappa shape index (κ2) is 10.8. The summed E-state index contributed by atoms with van der Waals surface area (Å²) in [6, 6.07) is 3.76. The molecule has 1 saturated carbocycles. The third-order valence-corrected chi connectivity index (χ3v) is 8.98. The predicted octanol–water partition coefficient (Wildman–Crippen LogP) is 2.54. The SMILES string of the molecule is CCCCCNCc1ccc2c(F)c3c(c(O)c2c1)C(O)=C1C(=O)[C@]2(O)C(O)=C(C(N)=O)C(=O)[C@@H](N(C)C)[C@@H]2C[C@@H]1C3. The molecule has 4 atom stereocenters. The number of halogens is 1. The van der Waals surface area contributed by atoms with Gasteiger partial charge in [-0.25, -0.2) is 4.39 Å². The smallest absolute Gasteiger partial charge is 0.255 e. The molecular weight excluding hydrogens is 545 g/mol. The number of phenols is 1. The molecule has 0 radical (unpaired) electrons. The van der Waals surface area contributed by atoms with Gasteiger partial charge in [0.05, 0.1) is 11.6 Å². The number of hydrogen-bond acceptors (Lipinski definition) is 9. The second-order valence-electron chi connectivity index (χ2n) is 11.7. The molecule has 0 aromatic heterocycles. The highest BCUT2D eigenvalue weighted by Gasteiger charge is 2.64. The molecule has 0 saturated heterocycles. The number of nitrogens with two attached hydrogens (primary N) is 1. The quantitative estimate of drug-likeness (QED) is 0.202. The summed E-state index contributed by atoms with van der Waals surface area (Å²) in [6.07, 6.45) is 2.98. The van der Waals surface area contributed by atoms with Crippen molar-refractivity contribution in [2.75, 3.05) is 20.6 Å². The normalized spacial score (nSPS) is 25.6. The number of likely N-dealkylation sites (N-methyl/N-ethyl adjacent to an activating group) is 1. The lowest BCUT2D eigenvalue weighted by Gasteiger charge is -2.50. The number of carbonyl (C=O) groups is 3. The molecule has 0 aliphatic heterocycles. The van der Waals surface area contributed by atoms with Crippen molar-refractivity contribution in [3.8, 4) is 5.75 Å². The minimum absolute atomic E-state index is 0.0102. The Morgan fingerprint density at radius 3 is 2.52 bits per heavy atom. The lowest BCUT2D eigenvalue weighted by molar-refractivity contribution is -0.153. The van der Waals surface area contributed by atoms with Crippen molar-refractivity contribution in [3.63, 3.8) is 0 Å². The summed E-state index contributed by atoms with van der Waals surface area (Å²) in [4.78, 5) is 40.7. The van der Waals surface area contributed by atoms with Gasteiger partial charge in [0, 0.05) is 34.4 Å². The fourth-order valence-corrected chi connectivity index (χ4v) is 6.95. The third kappa shape index (κ3) is 4.29. The number of primary amides is 1. The van der Waals surface area contributed by atoms with Crippen molar-refractivity contribution < 1.29 is 39.2 Å². The van der Waals surface area contributed by atoms with Crippen LogP contribution in [0.3, 0.4) is 0 Å². The van der Waals surface area contributed by atoms with Crippen LogP contribution in [-0.4, -0.2) is 75.1 Å². The Bertz CT molecular complexity index is 1580. The van der Waals surface area contributed by atoms with Gasteiger partial charge in [0.15, 0.2) is 11.4 Å². The number of fused-ring (bicyclic) bond motifs is 4. The zero-order chi connectivity index (χ0) is 30.7. The monoisotopic (exact) mass is 581 g/mol. The molecule has 2 aromatic rings. The number of carbonyl (C=O) groups excluding carboxylic acids is 3. The van der Waals surface area contributed by atoms with E-state index in [0.717, 1.165) is 31.4 Å². The van der Waals surface area contributed by atoms with E-state index in [1.165, 1.54) is 19.0 Å². The Balaban J connectivity index is 1.63. The van der Waals surface area contributed by atoms with E-state index in [1.54, 1.807) is 18.2 Å². The number of ketones is 2. The number of benzene rings is 2. The van der Waals surface area contributed by atoms with Crippen LogP contribution < -0.4 is 11.1 Å². The molecule has 2 aromatic carbocycles. The van der Waals surface area contributed by atoms with Crippen molar-refractivity contribution in [1.82, 2.24) is 10.2 Å². The zero-order valence-corrected chi connectivity index (χ0v) is 23.8. The van der Waals surface area contributed by atoms with E-state index in [0.29, 0.717) is 6.54 Å². The number of phenolic OH excluding ortho intramolecular Hbond substituents is 1. The minimum Gasteiger partial charge on any atom is -0.508 e. The topological polar surface area (TPSA) is 173 Å². The highest BCUT2D eigenvalue weighted by atomic mass is 19.1. The highest BCUT2D eigenvalue weighted by molar-refractivity contribution is 6.24. The van der Waals surface area contributed by atoms with Gasteiger partial charge in [-0.2, -0.15) is 0 Å². The van der Waals surface area contributed by atoms with Crippen LogP contribution in [0.5, 0.6) is 5.75 Å². The van der Waals surface area contributed by atoms with Crippen LogP contribution in [0, 0.1) is 17.7 Å². The number of rotatable bonds is 8. The molecule has 0 bridgehead atoms. The van der Waals surface area contributed by atoms with Crippen molar-refractivity contribution >= 4 is 34.0 Å². The molecule has 11 heteroatoms. The average molecular weight is 582 g/mol. The molecule has 0 heterocycles. The number of amides is 1. The summed E-state index contributed by atoms with van der Waals surface area (Å²) in [5, 5.41) is 49.0. The first-order valence-corrected chi connectivity index (χ1v) is 14.2. The molecule has 3 aliphatic carbocycles. The van der Waals surface area contributed by atoms with Crippen LogP contribution in [0.1, 0.15) is 49.3 Å². The molecule has 1 fully saturated rings. The maximum absolute atomic E-state index is 16.0. The van der Waals surface area contributed by atoms with Crippen LogP contribution in [-0.2, 0) is 27.3 Å². The molecule has 0 spiro atoms. The van der Waals surface area contributed by atoms with Gasteiger partial charge in [0.1, 0.15) is 28.7 Å².